The summed E-state index contributed by atoms with van der Waals surface area (Å²) in [6, 6.07) is 0.816. The highest BCUT2D eigenvalue weighted by atomic mass is 19.1. The second-order valence-corrected chi connectivity index (χ2v) is 2.17. The molecule has 1 rings (SSSR count). The van der Waals surface area contributed by atoms with E-state index in [9.17, 15) is 13.6 Å². The van der Waals surface area contributed by atoms with Crippen molar-refractivity contribution in [3.8, 4) is 0 Å². The summed E-state index contributed by atoms with van der Waals surface area (Å²) in [6.45, 7) is 0. The van der Waals surface area contributed by atoms with Crippen molar-refractivity contribution < 1.29 is 18.7 Å². The van der Waals surface area contributed by atoms with Crippen LogP contribution in [0, 0.1) is 11.8 Å². The lowest BCUT2D eigenvalue weighted by atomic mass is 10.2. The van der Waals surface area contributed by atoms with Crippen LogP contribution in [-0.4, -0.2) is 16.1 Å². The molecule has 1 aromatic rings. The number of rotatable bonds is 2. The molecule has 1 N–H and O–H groups in total. The average molecular weight is 173 g/mol. The molecule has 1 aromatic heterocycles. The molecular weight excluding hydrogens is 168 g/mol. The number of aliphatic carboxylic acids is 1. The fraction of sp³-hybridized carbons (Fsp3) is 0.143. The largest absolute Gasteiger partial charge is 0.481 e. The molecule has 0 unspecified atom stereocenters. The molecule has 0 spiro atoms. The van der Waals surface area contributed by atoms with Gasteiger partial charge in [0.1, 0.15) is 5.82 Å². The smallest absolute Gasteiger partial charge is 0.307 e. The minimum Gasteiger partial charge on any atom is -0.481 e. The van der Waals surface area contributed by atoms with Crippen LogP contribution >= 0.6 is 0 Å². The maximum atomic E-state index is 12.6. The third-order valence-electron chi connectivity index (χ3n) is 1.22. The van der Waals surface area contributed by atoms with E-state index in [0.29, 0.717) is 6.20 Å². The highest BCUT2D eigenvalue weighted by Gasteiger charge is 2.08. The maximum Gasteiger partial charge on any atom is 0.307 e. The van der Waals surface area contributed by atoms with Crippen LogP contribution in [0.3, 0.4) is 0 Å². The van der Waals surface area contributed by atoms with Crippen molar-refractivity contribution in [2.75, 3.05) is 0 Å². The summed E-state index contributed by atoms with van der Waals surface area (Å²) in [5.74, 6) is -2.91. The first-order valence-electron chi connectivity index (χ1n) is 3.11. The van der Waals surface area contributed by atoms with Gasteiger partial charge >= 0.3 is 5.97 Å². The maximum absolute atomic E-state index is 12.6. The first kappa shape index (κ1) is 8.58. The second kappa shape index (κ2) is 3.25. The standard InChI is InChI=1S/C7H5F2NO2/c8-5-1-4(2-6(11)12)7(9)10-3-5/h1,3H,2H2,(H,11,12). The number of hydrogen-bond donors (Lipinski definition) is 1. The molecule has 0 saturated heterocycles. The predicted octanol–water partition coefficient (Wildman–Crippen LogP) is 0.987. The number of carbonyl (C=O) groups is 1. The van der Waals surface area contributed by atoms with Crippen molar-refractivity contribution in [3.05, 3.63) is 29.6 Å². The van der Waals surface area contributed by atoms with Crippen LogP contribution in [0.15, 0.2) is 12.3 Å². The van der Waals surface area contributed by atoms with E-state index in [1.54, 1.807) is 0 Å². The molecule has 5 heteroatoms. The number of hydrogen-bond acceptors (Lipinski definition) is 2. The Labute approximate surface area is 66.7 Å². The van der Waals surface area contributed by atoms with Crippen molar-refractivity contribution in [2.24, 2.45) is 0 Å². The third kappa shape index (κ3) is 1.98. The molecule has 0 aliphatic carbocycles. The highest BCUT2D eigenvalue weighted by molar-refractivity contribution is 5.70. The fourth-order valence-corrected chi connectivity index (χ4v) is 0.751. The van der Waals surface area contributed by atoms with Crippen LogP contribution in [0.4, 0.5) is 8.78 Å². The Bertz CT molecular complexity index is 314. The molecule has 0 aromatic carbocycles. The average Bonchev–Trinajstić information content (AvgIpc) is 1.96. The Morgan fingerprint density at radius 3 is 2.83 bits per heavy atom. The van der Waals surface area contributed by atoms with Gasteiger partial charge in [-0.15, -0.1) is 0 Å². The number of aromatic nitrogens is 1. The van der Waals surface area contributed by atoms with Gasteiger partial charge in [0.05, 0.1) is 12.6 Å². The van der Waals surface area contributed by atoms with Crippen molar-refractivity contribution >= 4 is 5.97 Å². The molecule has 1 heterocycles. The monoisotopic (exact) mass is 173 g/mol. The number of nitrogens with zero attached hydrogens (tertiary/aromatic N) is 1. The fourth-order valence-electron chi connectivity index (χ4n) is 0.751. The lowest BCUT2D eigenvalue weighted by Gasteiger charge is -1.97. The predicted molar refractivity (Wildman–Crippen MR) is 35.5 cm³/mol. The van der Waals surface area contributed by atoms with Crippen LogP contribution in [0.1, 0.15) is 5.56 Å². The van der Waals surface area contributed by atoms with Crippen molar-refractivity contribution in [1.29, 1.82) is 0 Å². The third-order valence-corrected chi connectivity index (χ3v) is 1.22. The van der Waals surface area contributed by atoms with Crippen LogP contribution in [-0.2, 0) is 11.2 Å². The number of carboxylic acids is 1. The lowest BCUT2D eigenvalue weighted by molar-refractivity contribution is -0.136. The van der Waals surface area contributed by atoms with E-state index < -0.39 is 24.2 Å². The van der Waals surface area contributed by atoms with Crippen LogP contribution < -0.4 is 0 Å². The zero-order valence-electron chi connectivity index (χ0n) is 5.92. The molecule has 0 aliphatic rings. The van der Waals surface area contributed by atoms with Crippen LogP contribution in [0.25, 0.3) is 0 Å². The molecule has 3 nitrogen and oxygen atoms in total. The van der Waals surface area contributed by atoms with E-state index in [1.165, 1.54) is 0 Å². The van der Waals surface area contributed by atoms with E-state index in [-0.39, 0.29) is 5.56 Å². The molecule has 0 bridgehead atoms. The van der Waals surface area contributed by atoms with Crippen molar-refractivity contribution in [2.45, 2.75) is 6.42 Å². The summed E-state index contributed by atoms with van der Waals surface area (Å²) >= 11 is 0. The molecule has 0 aliphatic heterocycles. The van der Waals surface area contributed by atoms with Gasteiger partial charge in [0.15, 0.2) is 0 Å². The van der Waals surface area contributed by atoms with Gasteiger partial charge < -0.3 is 5.11 Å². The second-order valence-electron chi connectivity index (χ2n) is 2.17. The number of carboxylic acid groups (broad SMARTS) is 1. The summed E-state index contributed by atoms with van der Waals surface area (Å²) in [6.07, 6.45) is 0.136. The quantitative estimate of drug-likeness (QED) is 0.678. The number of pyridine rings is 1. The molecule has 0 atom stereocenters. The molecule has 12 heavy (non-hydrogen) atoms. The van der Waals surface area contributed by atoms with Gasteiger partial charge in [-0.2, -0.15) is 4.39 Å². The Morgan fingerprint density at radius 1 is 1.58 bits per heavy atom. The van der Waals surface area contributed by atoms with E-state index >= 15 is 0 Å². The highest BCUT2D eigenvalue weighted by Crippen LogP contribution is 2.06. The summed E-state index contributed by atoms with van der Waals surface area (Å²) in [4.78, 5) is 13.1. The van der Waals surface area contributed by atoms with Crippen LogP contribution in [0.2, 0.25) is 0 Å². The van der Waals surface area contributed by atoms with Gasteiger partial charge in [0, 0.05) is 5.56 Å². The van der Waals surface area contributed by atoms with E-state index in [1.807, 2.05) is 0 Å². The zero-order chi connectivity index (χ0) is 9.14. The minimum atomic E-state index is -1.22. The van der Waals surface area contributed by atoms with Gasteiger partial charge in [-0.05, 0) is 6.07 Å². The Morgan fingerprint density at radius 2 is 2.25 bits per heavy atom. The summed E-state index contributed by atoms with van der Waals surface area (Å²) in [5, 5.41) is 8.27. The molecule has 0 fully saturated rings. The summed E-state index contributed by atoms with van der Waals surface area (Å²) < 4.78 is 25.0. The molecule has 0 amide bonds. The van der Waals surface area contributed by atoms with Crippen molar-refractivity contribution in [1.82, 2.24) is 4.98 Å². The normalized spacial score (nSPS) is 9.83. The van der Waals surface area contributed by atoms with E-state index in [4.69, 9.17) is 5.11 Å². The van der Waals surface area contributed by atoms with Gasteiger partial charge in [0.25, 0.3) is 0 Å². The van der Waals surface area contributed by atoms with Gasteiger partial charge in [-0.1, -0.05) is 0 Å². The molecule has 64 valence electrons. The van der Waals surface area contributed by atoms with Gasteiger partial charge in [-0.25, -0.2) is 9.37 Å². The first-order chi connectivity index (χ1) is 5.59. The van der Waals surface area contributed by atoms with Crippen LogP contribution in [0.5, 0.6) is 0 Å². The summed E-state index contributed by atoms with van der Waals surface area (Å²) in [5.41, 5.74) is -0.248. The van der Waals surface area contributed by atoms with Gasteiger partial charge in [-0.3, -0.25) is 4.79 Å². The number of halogens is 2. The molecular formula is C7H5F2NO2. The van der Waals surface area contributed by atoms with E-state index in [0.717, 1.165) is 6.07 Å². The Kier molecular flexibility index (Phi) is 2.32. The SMILES string of the molecule is O=C(O)Cc1cc(F)cnc1F. The Balaban J connectivity index is 2.97. The zero-order valence-corrected chi connectivity index (χ0v) is 5.92. The Hall–Kier alpha value is -1.52. The van der Waals surface area contributed by atoms with Crippen molar-refractivity contribution in [3.63, 3.8) is 0 Å². The van der Waals surface area contributed by atoms with E-state index in [2.05, 4.69) is 4.98 Å². The summed E-state index contributed by atoms with van der Waals surface area (Å²) in [7, 11) is 0. The first-order valence-corrected chi connectivity index (χ1v) is 3.11. The molecule has 0 saturated carbocycles. The molecule has 0 radical (unpaired) electrons. The minimum absolute atomic E-state index is 0.248. The van der Waals surface area contributed by atoms with Gasteiger partial charge in [0.2, 0.25) is 5.95 Å². The lowest BCUT2D eigenvalue weighted by Crippen LogP contribution is -2.04. The topological polar surface area (TPSA) is 50.2 Å².